The number of nitrogens with zero attached hydrogens (tertiary/aromatic N) is 1. The van der Waals surface area contributed by atoms with Crippen LogP contribution in [0.5, 0.6) is 5.75 Å². The Balaban J connectivity index is 1.59. The minimum Gasteiger partial charge on any atom is -0.406 e. The summed E-state index contributed by atoms with van der Waals surface area (Å²) in [4.78, 5) is 14.4. The van der Waals surface area contributed by atoms with Gasteiger partial charge in [-0.3, -0.25) is 9.69 Å². The minimum absolute atomic E-state index is 0.0431. The molecule has 2 unspecified atom stereocenters. The van der Waals surface area contributed by atoms with Gasteiger partial charge >= 0.3 is 6.36 Å². The van der Waals surface area contributed by atoms with E-state index in [0.717, 1.165) is 38.1 Å². The summed E-state index contributed by atoms with van der Waals surface area (Å²) in [6.07, 6.45) is -2.78. The first kappa shape index (κ1) is 19.9. The molecule has 2 aliphatic rings. The Morgan fingerprint density at radius 3 is 2.37 bits per heavy atom. The molecule has 2 fully saturated rings. The second kappa shape index (κ2) is 7.67. The van der Waals surface area contributed by atoms with Crippen LogP contribution >= 0.6 is 0 Å². The van der Waals surface area contributed by atoms with Crippen LogP contribution in [0.3, 0.4) is 0 Å². The highest BCUT2D eigenvalue weighted by Gasteiger charge is 2.42. The van der Waals surface area contributed by atoms with E-state index >= 15 is 0 Å². The monoisotopic (exact) mass is 406 g/mol. The zero-order valence-corrected chi connectivity index (χ0v) is 15.4. The normalized spacial score (nSPS) is 25.4. The van der Waals surface area contributed by atoms with E-state index in [-0.39, 0.29) is 35.6 Å². The summed E-state index contributed by atoms with van der Waals surface area (Å²) in [5.74, 6) is -0.756. The summed E-state index contributed by atoms with van der Waals surface area (Å²) in [6.45, 7) is 1.65. The lowest BCUT2D eigenvalue weighted by molar-refractivity contribution is -0.274. The molecule has 1 N–H and O–H groups in total. The van der Waals surface area contributed by atoms with E-state index in [4.69, 9.17) is 0 Å². The number of benzene rings is 1. The highest BCUT2D eigenvalue weighted by molar-refractivity contribution is 7.91. The van der Waals surface area contributed by atoms with Crippen LogP contribution in [0.25, 0.3) is 0 Å². The molecule has 0 spiro atoms. The molecular formula is C17H21F3N2O4S. The van der Waals surface area contributed by atoms with Gasteiger partial charge in [-0.2, -0.15) is 0 Å². The van der Waals surface area contributed by atoms with Crippen LogP contribution in [-0.4, -0.2) is 62.3 Å². The van der Waals surface area contributed by atoms with Gasteiger partial charge in [0.15, 0.2) is 9.84 Å². The van der Waals surface area contributed by atoms with Gasteiger partial charge in [-0.05, 0) is 43.6 Å². The Hall–Kier alpha value is -1.81. The largest absolute Gasteiger partial charge is 0.573 e. The predicted octanol–water partition coefficient (Wildman–Crippen LogP) is 1.51. The van der Waals surface area contributed by atoms with Gasteiger partial charge in [-0.15, -0.1) is 13.2 Å². The number of nitrogens with one attached hydrogen (secondary N) is 1. The second-order valence-corrected chi connectivity index (χ2v) is 9.08. The van der Waals surface area contributed by atoms with E-state index in [1.54, 1.807) is 0 Å². The number of hydrogen-bond donors (Lipinski definition) is 1. The molecule has 0 aromatic heterocycles. The molecule has 2 saturated heterocycles. The predicted molar refractivity (Wildman–Crippen MR) is 92.0 cm³/mol. The molecule has 27 heavy (non-hydrogen) atoms. The van der Waals surface area contributed by atoms with Crippen molar-refractivity contribution in [2.45, 2.75) is 37.7 Å². The van der Waals surface area contributed by atoms with E-state index in [9.17, 15) is 26.4 Å². The molecule has 0 aliphatic carbocycles. The molecule has 10 heteroatoms. The number of rotatable bonds is 5. The first-order valence-corrected chi connectivity index (χ1v) is 10.5. The van der Waals surface area contributed by atoms with Crippen molar-refractivity contribution in [1.29, 1.82) is 0 Å². The Kier molecular flexibility index (Phi) is 5.66. The van der Waals surface area contributed by atoms with Crippen molar-refractivity contribution in [3.8, 4) is 5.75 Å². The number of hydrogen-bond acceptors (Lipinski definition) is 5. The standard InChI is InChI=1S/C17H21F3N2O4S/c18-17(19,20)26-13-5-3-12(4-6-13)9-16(23)21-14-10-27(24,25)11-15(14)22-7-1-2-8-22/h3-6,14-15H,1-2,7-11H2,(H,21,23). The van der Waals surface area contributed by atoms with Gasteiger partial charge in [-0.1, -0.05) is 12.1 Å². The zero-order chi connectivity index (χ0) is 19.7. The van der Waals surface area contributed by atoms with Crippen LogP contribution in [0.2, 0.25) is 0 Å². The first-order valence-electron chi connectivity index (χ1n) is 8.70. The number of halogens is 3. The van der Waals surface area contributed by atoms with Crippen molar-refractivity contribution < 1.29 is 31.1 Å². The maximum atomic E-state index is 12.3. The summed E-state index contributed by atoms with van der Waals surface area (Å²) < 4.78 is 64.3. The molecule has 0 radical (unpaired) electrons. The summed E-state index contributed by atoms with van der Waals surface area (Å²) >= 11 is 0. The average Bonchev–Trinajstić information content (AvgIpc) is 3.15. The van der Waals surface area contributed by atoms with Crippen LogP contribution in [-0.2, 0) is 21.1 Å². The number of sulfone groups is 1. The Morgan fingerprint density at radius 2 is 1.78 bits per heavy atom. The molecular weight excluding hydrogens is 385 g/mol. The van der Waals surface area contributed by atoms with Gasteiger partial charge in [0.2, 0.25) is 5.91 Å². The third-order valence-corrected chi connectivity index (χ3v) is 6.52. The van der Waals surface area contributed by atoms with Gasteiger partial charge in [0.05, 0.1) is 24.0 Å². The average molecular weight is 406 g/mol. The van der Waals surface area contributed by atoms with Gasteiger partial charge in [0.1, 0.15) is 5.75 Å². The van der Waals surface area contributed by atoms with Crippen LogP contribution < -0.4 is 10.1 Å². The lowest BCUT2D eigenvalue weighted by Gasteiger charge is -2.28. The third kappa shape index (κ3) is 5.58. The van der Waals surface area contributed by atoms with E-state index in [1.165, 1.54) is 12.1 Å². The third-order valence-electron chi connectivity index (χ3n) is 4.80. The first-order chi connectivity index (χ1) is 12.6. The minimum atomic E-state index is -4.77. The van der Waals surface area contributed by atoms with Crippen LogP contribution in [0.4, 0.5) is 13.2 Å². The van der Waals surface area contributed by atoms with Gasteiger partial charge < -0.3 is 10.1 Å². The van der Waals surface area contributed by atoms with Gasteiger partial charge in [0, 0.05) is 6.04 Å². The van der Waals surface area contributed by atoms with Crippen molar-refractivity contribution in [2.24, 2.45) is 0 Å². The second-order valence-electron chi connectivity index (χ2n) is 6.93. The smallest absolute Gasteiger partial charge is 0.406 e. The number of ether oxygens (including phenoxy) is 1. The number of amides is 1. The van der Waals surface area contributed by atoms with Crippen molar-refractivity contribution >= 4 is 15.7 Å². The van der Waals surface area contributed by atoms with Crippen molar-refractivity contribution in [2.75, 3.05) is 24.6 Å². The molecule has 1 aromatic carbocycles. The number of likely N-dealkylation sites (tertiary alicyclic amines) is 1. The topological polar surface area (TPSA) is 75.7 Å². The molecule has 2 heterocycles. The molecule has 2 atom stereocenters. The fourth-order valence-corrected chi connectivity index (χ4v) is 5.60. The molecule has 0 saturated carbocycles. The van der Waals surface area contributed by atoms with Gasteiger partial charge in [0.25, 0.3) is 0 Å². The molecule has 6 nitrogen and oxygen atoms in total. The molecule has 0 bridgehead atoms. The van der Waals surface area contributed by atoms with E-state index in [2.05, 4.69) is 15.0 Å². The number of carbonyl (C=O) groups is 1. The van der Waals surface area contributed by atoms with E-state index < -0.39 is 22.2 Å². The highest BCUT2D eigenvalue weighted by Crippen LogP contribution is 2.24. The van der Waals surface area contributed by atoms with Crippen LogP contribution in [0.15, 0.2) is 24.3 Å². The van der Waals surface area contributed by atoms with E-state index in [0.29, 0.717) is 5.56 Å². The maximum absolute atomic E-state index is 12.3. The molecule has 1 aromatic rings. The summed E-state index contributed by atoms with van der Waals surface area (Å²) in [5.41, 5.74) is 0.514. The van der Waals surface area contributed by atoms with Crippen molar-refractivity contribution in [3.05, 3.63) is 29.8 Å². The summed E-state index contributed by atoms with van der Waals surface area (Å²) in [5, 5.41) is 2.79. The van der Waals surface area contributed by atoms with E-state index in [1.807, 2.05) is 0 Å². The number of alkyl halides is 3. The van der Waals surface area contributed by atoms with Crippen LogP contribution in [0.1, 0.15) is 18.4 Å². The zero-order valence-electron chi connectivity index (χ0n) is 14.5. The summed E-state index contributed by atoms with van der Waals surface area (Å²) in [6, 6.07) is 4.36. The molecule has 150 valence electrons. The highest BCUT2D eigenvalue weighted by atomic mass is 32.2. The SMILES string of the molecule is O=C(Cc1ccc(OC(F)(F)F)cc1)NC1CS(=O)(=O)CC1N1CCCC1. The molecule has 3 rings (SSSR count). The summed E-state index contributed by atoms with van der Waals surface area (Å²) in [7, 11) is -3.20. The van der Waals surface area contributed by atoms with Crippen molar-refractivity contribution in [3.63, 3.8) is 0 Å². The molecule has 1 amide bonds. The quantitative estimate of drug-likeness (QED) is 0.802. The van der Waals surface area contributed by atoms with Crippen molar-refractivity contribution in [1.82, 2.24) is 10.2 Å². The lowest BCUT2D eigenvalue weighted by Crippen LogP contribution is -2.50. The van der Waals surface area contributed by atoms with Crippen LogP contribution in [0, 0.1) is 0 Å². The fraction of sp³-hybridized carbons (Fsp3) is 0.588. The maximum Gasteiger partial charge on any atom is 0.573 e. The fourth-order valence-electron chi connectivity index (χ4n) is 3.65. The Labute approximate surface area is 155 Å². The molecule has 2 aliphatic heterocycles. The Bertz CT molecular complexity index is 774. The Morgan fingerprint density at radius 1 is 1.15 bits per heavy atom. The number of carbonyl (C=O) groups excluding carboxylic acids is 1. The van der Waals surface area contributed by atoms with Gasteiger partial charge in [-0.25, -0.2) is 8.42 Å². The lowest BCUT2D eigenvalue weighted by atomic mass is 10.1.